The van der Waals surface area contributed by atoms with Gasteiger partial charge in [0.15, 0.2) is 0 Å². The molecule has 5 aliphatic carbocycles. The van der Waals surface area contributed by atoms with Crippen molar-refractivity contribution in [2.75, 3.05) is 51.3 Å². The lowest BCUT2D eigenvalue weighted by atomic mass is 9.85. The highest BCUT2D eigenvalue weighted by Gasteiger charge is 2.38. The number of aromatic amines is 2. The number of benzene rings is 1. The standard InChI is InChI=1S/C46H60N8O6S2/c1-59-45(57)51-35(19-23-61-3)43(55)53-21-7-11-39(53)41-47-27-37(49-41)33-26-30-14-16-31(33)10-6-5-9-29-13-17-32(18-15-30)34(25-29)38-28-48-42(50-38)40-12-8-22-54(40)44(56)36(20-24-62-4)52-46(58)60-2/h6,10,14,16,25-28,35-36,39-40H,5,7-9,11-13,15,17-24H2,1-4H3,(H,47,49)(H,48,50)(H,51,57)(H,52,58)/t35-,36-,39-,40-/m0/s1. The first-order chi connectivity index (χ1) is 30.2. The van der Waals surface area contributed by atoms with Crippen LogP contribution in [0, 0.1) is 0 Å². The van der Waals surface area contributed by atoms with Gasteiger partial charge in [0.1, 0.15) is 23.7 Å². The second-order valence-electron chi connectivity index (χ2n) is 16.4. The molecule has 4 amide bonds. The maximum Gasteiger partial charge on any atom is 0.407 e. The van der Waals surface area contributed by atoms with Crippen molar-refractivity contribution in [2.24, 2.45) is 0 Å². The minimum absolute atomic E-state index is 0.105. The summed E-state index contributed by atoms with van der Waals surface area (Å²) in [5.74, 6) is 2.78. The fourth-order valence-electron chi connectivity index (χ4n) is 9.17. The molecule has 10 rings (SSSR count). The van der Waals surface area contributed by atoms with Crippen molar-refractivity contribution in [3.63, 3.8) is 0 Å². The Bertz CT molecular complexity index is 2180. The quantitative estimate of drug-likeness (QED) is 0.124. The molecule has 332 valence electrons. The van der Waals surface area contributed by atoms with Crippen molar-refractivity contribution in [3.05, 3.63) is 82.4 Å². The monoisotopic (exact) mass is 884 g/mol. The number of amides is 4. The summed E-state index contributed by atoms with van der Waals surface area (Å²) in [6.45, 7) is 1.21. The zero-order valence-corrected chi connectivity index (χ0v) is 37.9. The van der Waals surface area contributed by atoms with Gasteiger partial charge in [-0.3, -0.25) is 9.59 Å². The van der Waals surface area contributed by atoms with Crippen LogP contribution in [0.1, 0.15) is 111 Å². The molecule has 3 aromatic rings. The van der Waals surface area contributed by atoms with Crippen molar-refractivity contribution >= 4 is 59.2 Å². The number of carbonyl (C=O) groups excluding carboxylic acids is 4. The van der Waals surface area contributed by atoms with Gasteiger partial charge in [0.25, 0.3) is 0 Å². The lowest BCUT2D eigenvalue weighted by Crippen LogP contribution is -2.48. The van der Waals surface area contributed by atoms with Crippen molar-refractivity contribution < 1.29 is 28.7 Å². The maximum atomic E-state index is 13.9. The Labute approximate surface area is 372 Å². The molecule has 2 aliphatic heterocycles. The van der Waals surface area contributed by atoms with Gasteiger partial charge in [-0.2, -0.15) is 23.5 Å². The molecule has 2 saturated heterocycles. The van der Waals surface area contributed by atoms with Crippen molar-refractivity contribution in [3.8, 4) is 11.3 Å². The molecule has 0 unspecified atom stereocenters. The minimum atomic E-state index is -0.665. The summed E-state index contributed by atoms with van der Waals surface area (Å²) < 4.78 is 9.68. The van der Waals surface area contributed by atoms with Gasteiger partial charge in [-0.1, -0.05) is 41.5 Å². The lowest BCUT2D eigenvalue weighted by Gasteiger charge is -2.28. The first kappa shape index (κ1) is 45.1. The summed E-state index contributed by atoms with van der Waals surface area (Å²) in [6.07, 6.45) is 23.3. The third-order valence-electron chi connectivity index (χ3n) is 12.5. The molecule has 16 heteroatoms. The average molecular weight is 885 g/mol. The Balaban J connectivity index is 1.11. The molecular formula is C46H60N8O6S2. The first-order valence-electron chi connectivity index (χ1n) is 21.8. The van der Waals surface area contributed by atoms with Gasteiger partial charge in [-0.15, -0.1) is 0 Å². The number of carbonyl (C=O) groups is 4. The molecule has 7 aliphatic rings. The molecule has 0 saturated carbocycles. The number of rotatable bonds is 14. The number of alkyl carbamates (subject to hydrolysis) is 2. The molecular weight excluding hydrogens is 825 g/mol. The van der Waals surface area contributed by atoms with Gasteiger partial charge >= 0.3 is 12.2 Å². The number of H-pyrrole nitrogens is 2. The highest BCUT2D eigenvalue weighted by molar-refractivity contribution is 7.98. The van der Waals surface area contributed by atoms with Crippen molar-refractivity contribution in [1.29, 1.82) is 0 Å². The van der Waals surface area contributed by atoms with E-state index in [0.29, 0.717) is 25.9 Å². The largest absolute Gasteiger partial charge is 0.453 e. The third-order valence-corrected chi connectivity index (χ3v) is 13.8. The molecule has 4 heterocycles. The predicted octanol–water partition coefficient (Wildman–Crippen LogP) is 8.00. The molecule has 2 aromatic heterocycles. The predicted molar refractivity (Wildman–Crippen MR) is 245 cm³/mol. The summed E-state index contributed by atoms with van der Waals surface area (Å²) in [7, 11) is 2.62. The fraction of sp³-hybridized carbons (Fsp3) is 0.522. The molecule has 2 fully saturated rings. The molecule has 1 aromatic carbocycles. The fourth-order valence-corrected chi connectivity index (χ4v) is 10.1. The summed E-state index contributed by atoms with van der Waals surface area (Å²) >= 11 is 3.27. The van der Waals surface area contributed by atoms with E-state index in [9.17, 15) is 19.2 Å². The number of likely N-dealkylation sites (tertiary alicyclic amines) is 2. The molecule has 14 nitrogen and oxygen atoms in total. The van der Waals surface area contributed by atoms with E-state index in [1.165, 1.54) is 36.5 Å². The lowest BCUT2D eigenvalue weighted by molar-refractivity contribution is -0.135. The third kappa shape index (κ3) is 10.6. The summed E-state index contributed by atoms with van der Waals surface area (Å²) in [4.78, 5) is 72.7. The zero-order chi connectivity index (χ0) is 43.6. The van der Waals surface area contributed by atoms with Gasteiger partial charge in [-0.05, 0) is 124 Å². The highest BCUT2D eigenvalue weighted by atomic mass is 32.2. The van der Waals surface area contributed by atoms with Crippen LogP contribution in [0.5, 0.6) is 0 Å². The van der Waals surface area contributed by atoms with E-state index >= 15 is 0 Å². The van der Waals surface area contributed by atoms with E-state index in [1.807, 2.05) is 34.7 Å². The van der Waals surface area contributed by atoms with Crippen molar-refractivity contribution in [2.45, 2.75) is 101 Å². The van der Waals surface area contributed by atoms with Crippen LogP contribution in [0.25, 0.3) is 22.9 Å². The van der Waals surface area contributed by atoms with Gasteiger partial charge in [-0.25, -0.2) is 19.6 Å². The van der Waals surface area contributed by atoms with Crippen LogP contribution in [0.15, 0.2) is 53.9 Å². The van der Waals surface area contributed by atoms with Crippen LogP contribution >= 0.6 is 23.5 Å². The van der Waals surface area contributed by atoms with E-state index in [2.05, 4.69) is 57.0 Å². The van der Waals surface area contributed by atoms with Gasteiger partial charge < -0.3 is 39.9 Å². The number of nitrogens with zero attached hydrogens (tertiary/aromatic N) is 4. The zero-order valence-electron chi connectivity index (χ0n) is 36.3. The Morgan fingerprint density at radius 2 is 1.37 bits per heavy atom. The van der Waals surface area contributed by atoms with E-state index < -0.39 is 24.3 Å². The van der Waals surface area contributed by atoms with E-state index in [-0.39, 0.29) is 23.9 Å². The van der Waals surface area contributed by atoms with Gasteiger partial charge in [0, 0.05) is 18.7 Å². The minimum Gasteiger partial charge on any atom is -0.453 e. The Kier molecular flexibility index (Phi) is 15.6. The Morgan fingerprint density at radius 3 is 1.97 bits per heavy atom. The molecule has 0 radical (unpaired) electrons. The molecule has 4 atom stereocenters. The highest BCUT2D eigenvalue weighted by Crippen LogP contribution is 2.38. The number of ether oxygens (including phenoxy) is 2. The van der Waals surface area contributed by atoms with Gasteiger partial charge in [0.2, 0.25) is 11.8 Å². The van der Waals surface area contributed by atoms with Crippen LogP contribution in [-0.4, -0.2) is 117 Å². The second kappa shape index (κ2) is 21.4. The normalized spacial score (nSPS) is 19.9. The van der Waals surface area contributed by atoms with Crippen LogP contribution in [-0.2, 0) is 25.5 Å². The van der Waals surface area contributed by atoms with Crippen LogP contribution in [0.3, 0.4) is 0 Å². The van der Waals surface area contributed by atoms with E-state index in [1.54, 1.807) is 23.5 Å². The molecule has 4 N–H and O–H groups in total. The summed E-state index contributed by atoms with van der Waals surface area (Å²) in [5, 5.41) is 5.52. The number of aryl methyl sites for hydroxylation is 1. The average Bonchev–Trinajstić information content (AvgIpc) is 4.14. The van der Waals surface area contributed by atoms with Crippen LogP contribution in [0.2, 0.25) is 0 Å². The number of hydrogen-bond acceptors (Lipinski definition) is 10. The Hall–Kier alpha value is -4.96. The van der Waals surface area contributed by atoms with Gasteiger partial charge in [0.05, 0.1) is 50.1 Å². The topological polar surface area (TPSA) is 175 Å². The number of hydrogen-bond donors (Lipinski definition) is 4. The number of thioether (sulfide) groups is 2. The number of imidazole rings is 2. The number of aromatic nitrogens is 4. The Morgan fingerprint density at radius 1 is 0.790 bits per heavy atom. The van der Waals surface area contributed by atoms with E-state index in [4.69, 9.17) is 19.4 Å². The first-order valence-corrected chi connectivity index (χ1v) is 24.6. The van der Waals surface area contributed by atoms with Crippen LogP contribution < -0.4 is 10.6 Å². The number of methoxy groups -OCH3 is 2. The molecule has 0 spiro atoms. The van der Waals surface area contributed by atoms with Crippen molar-refractivity contribution in [1.82, 2.24) is 40.4 Å². The van der Waals surface area contributed by atoms with E-state index in [0.717, 1.165) is 110 Å². The number of nitrogens with one attached hydrogen (secondary N) is 4. The SMILES string of the molecule is COC(=O)N[C@@H](CCSC)C(=O)N1CCC[C@H]1c1ncc(C2=C3CCC(=C2)CCC=Cc2ccc(cc2-c2cnc([C@@H]4CCCN4C(=O)[C@H](CCSC)NC(=O)OC)[nH]2)CC3)[nH]1. The smallest absolute Gasteiger partial charge is 0.407 e. The summed E-state index contributed by atoms with van der Waals surface area (Å²) in [5.41, 5.74) is 9.26. The molecule has 62 heavy (non-hydrogen) atoms. The van der Waals surface area contributed by atoms with Crippen LogP contribution in [0.4, 0.5) is 9.59 Å². The second-order valence-corrected chi connectivity index (χ2v) is 18.3. The maximum absolute atomic E-state index is 13.9. The summed E-state index contributed by atoms with van der Waals surface area (Å²) in [6, 6.07) is 4.95. The molecule has 4 bridgehead atoms. The number of allylic oxidation sites excluding steroid dienone is 5.